The van der Waals surface area contributed by atoms with Crippen molar-refractivity contribution in [3.05, 3.63) is 29.6 Å². The number of ether oxygens (including phenoxy) is 2. The fourth-order valence-electron chi connectivity index (χ4n) is 1.23. The molecule has 0 aliphatic carbocycles. The van der Waals surface area contributed by atoms with Gasteiger partial charge in [-0.15, -0.1) is 0 Å². The number of anilines is 1. The van der Waals surface area contributed by atoms with Gasteiger partial charge in [-0.3, -0.25) is 0 Å². The average molecular weight is 238 g/mol. The average Bonchev–Trinajstić information content (AvgIpc) is 2.35. The Kier molecular flexibility index (Phi) is 6.00. The summed E-state index contributed by atoms with van der Waals surface area (Å²) in [5, 5.41) is 11.5. The molecule has 0 aliphatic heterocycles. The monoisotopic (exact) mass is 238 g/mol. The lowest BCUT2D eigenvalue weighted by molar-refractivity contribution is 0.0759. The highest BCUT2D eigenvalue weighted by atomic mass is 19.1. The maximum absolute atomic E-state index is 13.4. The van der Waals surface area contributed by atoms with E-state index in [0.717, 1.165) is 0 Å². The Bertz CT molecular complexity index is 391. The second-order valence-corrected chi connectivity index (χ2v) is 3.34. The fourth-order valence-corrected chi connectivity index (χ4v) is 1.23. The molecule has 5 heteroatoms. The van der Waals surface area contributed by atoms with Crippen molar-refractivity contribution in [2.45, 2.75) is 0 Å². The van der Waals surface area contributed by atoms with Gasteiger partial charge in [0, 0.05) is 13.7 Å². The van der Waals surface area contributed by atoms with Crippen molar-refractivity contribution >= 4 is 5.69 Å². The van der Waals surface area contributed by atoms with E-state index in [1.54, 1.807) is 19.2 Å². The molecule has 92 valence electrons. The maximum Gasteiger partial charge on any atom is 0.147 e. The van der Waals surface area contributed by atoms with E-state index in [2.05, 4.69) is 5.32 Å². The van der Waals surface area contributed by atoms with Crippen LogP contribution in [0.15, 0.2) is 18.2 Å². The van der Waals surface area contributed by atoms with Crippen molar-refractivity contribution in [2.24, 2.45) is 0 Å². The van der Waals surface area contributed by atoms with E-state index in [0.29, 0.717) is 37.6 Å². The van der Waals surface area contributed by atoms with Crippen LogP contribution >= 0.6 is 0 Å². The summed E-state index contributed by atoms with van der Waals surface area (Å²) in [5.74, 6) is -0.430. The van der Waals surface area contributed by atoms with Gasteiger partial charge in [0.1, 0.15) is 5.82 Å². The second kappa shape index (κ2) is 7.60. The van der Waals surface area contributed by atoms with Gasteiger partial charge in [0.15, 0.2) is 0 Å². The lowest BCUT2D eigenvalue weighted by Gasteiger charge is -2.08. The highest BCUT2D eigenvalue weighted by Gasteiger charge is 2.02. The van der Waals surface area contributed by atoms with Crippen LogP contribution in [0.5, 0.6) is 0 Å². The zero-order chi connectivity index (χ0) is 12.5. The first-order valence-electron chi connectivity index (χ1n) is 5.28. The number of methoxy groups -OCH3 is 1. The van der Waals surface area contributed by atoms with Gasteiger partial charge in [0.2, 0.25) is 0 Å². The number of rotatable bonds is 7. The van der Waals surface area contributed by atoms with E-state index in [1.165, 1.54) is 6.07 Å². The van der Waals surface area contributed by atoms with Crippen LogP contribution in [-0.2, 0) is 9.47 Å². The third-order valence-corrected chi connectivity index (χ3v) is 2.09. The van der Waals surface area contributed by atoms with Crippen molar-refractivity contribution < 1.29 is 13.9 Å². The van der Waals surface area contributed by atoms with Crippen molar-refractivity contribution in [2.75, 3.05) is 38.8 Å². The van der Waals surface area contributed by atoms with Crippen LogP contribution in [0.2, 0.25) is 0 Å². The second-order valence-electron chi connectivity index (χ2n) is 3.34. The predicted octanol–water partition coefficient (Wildman–Crippen LogP) is 1.77. The van der Waals surface area contributed by atoms with Crippen LogP contribution in [-0.4, -0.2) is 33.5 Å². The molecule has 0 saturated carbocycles. The Hall–Kier alpha value is -1.64. The molecule has 0 heterocycles. The van der Waals surface area contributed by atoms with Gasteiger partial charge in [-0.25, -0.2) is 4.39 Å². The summed E-state index contributed by atoms with van der Waals surface area (Å²) in [7, 11) is 1.60. The highest BCUT2D eigenvalue weighted by molar-refractivity contribution is 5.48. The Balaban J connectivity index is 2.30. The molecule has 0 fully saturated rings. The minimum atomic E-state index is -0.430. The topological polar surface area (TPSA) is 54.3 Å². The van der Waals surface area contributed by atoms with E-state index >= 15 is 0 Å². The van der Waals surface area contributed by atoms with Crippen LogP contribution in [0, 0.1) is 17.1 Å². The SMILES string of the molecule is COCCOCCNc1ccc(C#N)cc1F. The van der Waals surface area contributed by atoms with Crippen molar-refractivity contribution in [3.8, 4) is 6.07 Å². The molecule has 4 nitrogen and oxygen atoms in total. The standard InChI is InChI=1S/C12H15FN2O2/c1-16-6-7-17-5-4-15-12-3-2-10(9-14)8-11(12)13/h2-3,8,15H,4-7H2,1H3. The van der Waals surface area contributed by atoms with Crippen molar-refractivity contribution in [3.63, 3.8) is 0 Å². The van der Waals surface area contributed by atoms with Crippen molar-refractivity contribution in [1.82, 2.24) is 0 Å². The normalized spacial score (nSPS) is 9.94. The number of halogens is 1. The van der Waals surface area contributed by atoms with Crippen LogP contribution in [0.1, 0.15) is 5.56 Å². The third-order valence-electron chi connectivity index (χ3n) is 2.09. The summed E-state index contributed by atoms with van der Waals surface area (Å²) in [4.78, 5) is 0. The van der Waals surface area contributed by atoms with Crippen molar-refractivity contribution in [1.29, 1.82) is 5.26 Å². The zero-order valence-electron chi connectivity index (χ0n) is 9.70. The Morgan fingerprint density at radius 2 is 2.18 bits per heavy atom. The summed E-state index contributed by atoms with van der Waals surface area (Å²) in [6, 6.07) is 6.19. The first-order chi connectivity index (χ1) is 8.27. The number of nitrogens with one attached hydrogen (secondary N) is 1. The Morgan fingerprint density at radius 1 is 1.35 bits per heavy atom. The number of nitrogens with zero attached hydrogens (tertiary/aromatic N) is 1. The zero-order valence-corrected chi connectivity index (χ0v) is 9.70. The van der Waals surface area contributed by atoms with Gasteiger partial charge >= 0.3 is 0 Å². The molecule has 1 aromatic rings. The van der Waals surface area contributed by atoms with Gasteiger partial charge in [-0.05, 0) is 18.2 Å². The molecule has 0 amide bonds. The highest BCUT2D eigenvalue weighted by Crippen LogP contribution is 2.14. The quantitative estimate of drug-likeness (QED) is 0.735. The molecule has 0 bridgehead atoms. The molecule has 0 spiro atoms. The van der Waals surface area contributed by atoms with E-state index in [-0.39, 0.29) is 0 Å². The van der Waals surface area contributed by atoms with E-state index in [1.807, 2.05) is 6.07 Å². The van der Waals surface area contributed by atoms with Gasteiger partial charge in [0.25, 0.3) is 0 Å². The molecule has 0 unspecified atom stereocenters. The van der Waals surface area contributed by atoms with Gasteiger partial charge in [-0.1, -0.05) is 0 Å². The van der Waals surface area contributed by atoms with E-state index < -0.39 is 5.82 Å². The molecule has 1 N–H and O–H groups in total. The summed E-state index contributed by atoms with van der Waals surface area (Å²) < 4.78 is 23.4. The number of nitriles is 1. The van der Waals surface area contributed by atoms with Crippen LogP contribution < -0.4 is 5.32 Å². The van der Waals surface area contributed by atoms with Gasteiger partial charge in [0.05, 0.1) is 37.1 Å². The fraction of sp³-hybridized carbons (Fsp3) is 0.417. The molecule has 0 radical (unpaired) electrons. The number of benzene rings is 1. The minimum absolute atomic E-state index is 0.310. The smallest absolute Gasteiger partial charge is 0.147 e. The minimum Gasteiger partial charge on any atom is -0.382 e. The summed E-state index contributed by atoms with van der Waals surface area (Å²) in [5.41, 5.74) is 0.684. The summed E-state index contributed by atoms with van der Waals surface area (Å²) >= 11 is 0. The summed E-state index contributed by atoms with van der Waals surface area (Å²) in [6.45, 7) is 2.05. The molecule has 17 heavy (non-hydrogen) atoms. The van der Waals surface area contributed by atoms with Crippen LogP contribution in [0.3, 0.4) is 0 Å². The Morgan fingerprint density at radius 3 is 2.82 bits per heavy atom. The molecule has 1 rings (SSSR count). The molecular formula is C12H15FN2O2. The first kappa shape index (κ1) is 13.4. The van der Waals surface area contributed by atoms with Crippen LogP contribution in [0.4, 0.5) is 10.1 Å². The summed E-state index contributed by atoms with van der Waals surface area (Å²) in [6.07, 6.45) is 0. The molecule has 0 aliphatic rings. The predicted molar refractivity (Wildman–Crippen MR) is 62.3 cm³/mol. The molecule has 0 saturated heterocycles. The maximum atomic E-state index is 13.4. The Labute approximate surface area is 100.0 Å². The van der Waals surface area contributed by atoms with E-state index in [9.17, 15) is 4.39 Å². The van der Waals surface area contributed by atoms with E-state index in [4.69, 9.17) is 14.7 Å². The lowest BCUT2D eigenvalue weighted by atomic mass is 10.2. The first-order valence-corrected chi connectivity index (χ1v) is 5.28. The van der Waals surface area contributed by atoms with Crippen LogP contribution in [0.25, 0.3) is 0 Å². The third kappa shape index (κ3) is 4.81. The lowest BCUT2D eigenvalue weighted by Crippen LogP contribution is -2.12. The number of hydrogen-bond acceptors (Lipinski definition) is 4. The largest absolute Gasteiger partial charge is 0.382 e. The molecule has 0 atom stereocenters. The molecule has 0 aromatic heterocycles. The molecule has 1 aromatic carbocycles. The van der Waals surface area contributed by atoms with Gasteiger partial charge < -0.3 is 14.8 Å². The molecular weight excluding hydrogens is 223 g/mol. The number of hydrogen-bond donors (Lipinski definition) is 1. The van der Waals surface area contributed by atoms with Gasteiger partial charge in [-0.2, -0.15) is 5.26 Å².